The number of hydrogen-bond acceptors (Lipinski definition) is 5. The zero-order valence-electron chi connectivity index (χ0n) is 45.8. The molecule has 3 N–H and O–H groups in total. The van der Waals surface area contributed by atoms with E-state index in [1.807, 2.05) is 0 Å². The van der Waals surface area contributed by atoms with E-state index < -0.39 is 18.2 Å². The third-order valence-corrected chi connectivity index (χ3v) is 14.0. The molecule has 0 aromatic rings. The molecule has 0 radical (unpaired) electrons. The Hall–Kier alpha value is -1.92. The average molecular weight is 957 g/mol. The summed E-state index contributed by atoms with van der Waals surface area (Å²) in [5, 5.41) is 23.9. The van der Waals surface area contributed by atoms with Gasteiger partial charge in [-0.1, -0.05) is 282 Å². The van der Waals surface area contributed by atoms with E-state index in [2.05, 4.69) is 62.5 Å². The largest absolute Gasteiger partial charge is 0.462 e. The summed E-state index contributed by atoms with van der Waals surface area (Å²) in [5.74, 6) is -0.477. The minimum atomic E-state index is -0.793. The number of unbranched alkanes of at least 4 members (excludes halogenated alkanes) is 37. The van der Waals surface area contributed by atoms with E-state index in [0.29, 0.717) is 19.3 Å². The van der Waals surface area contributed by atoms with Crippen molar-refractivity contribution in [3.05, 3.63) is 36.5 Å². The first-order valence-corrected chi connectivity index (χ1v) is 30.2. The number of carbonyl (C=O) groups excluding carboxylic acids is 2. The van der Waals surface area contributed by atoms with Gasteiger partial charge in [-0.2, -0.15) is 0 Å². The molecule has 0 saturated carbocycles. The standard InChI is InChI=1S/C62H117NO5/c1-4-7-10-13-16-19-22-25-28-30-33-35-38-41-44-47-50-53-58(68-62(67)55-52-49-46-43-40-37-32-27-24-21-18-15-12-9-6-3)56-61(66)63-59(57-64)60(65)54-51-48-45-42-39-36-34-31-29-26-23-20-17-14-11-8-5-2/h16,19,25,28,33,35,58-60,64-65H,4-15,17-18,20-24,26-27,29-32,34,36-57H2,1-3H3,(H,63,66)/b19-16-,28-25-,35-33-. The highest BCUT2D eigenvalue weighted by Gasteiger charge is 2.24. The predicted molar refractivity (Wildman–Crippen MR) is 296 cm³/mol. The number of rotatable bonds is 55. The second-order valence-corrected chi connectivity index (χ2v) is 20.8. The van der Waals surface area contributed by atoms with Crippen molar-refractivity contribution in [2.24, 2.45) is 0 Å². The molecule has 0 spiro atoms. The van der Waals surface area contributed by atoms with Crippen molar-refractivity contribution in [3.63, 3.8) is 0 Å². The molecule has 0 bridgehead atoms. The molecule has 0 aromatic heterocycles. The number of esters is 1. The molecule has 0 aliphatic rings. The number of allylic oxidation sites excluding steroid dienone is 6. The molecule has 6 heteroatoms. The van der Waals surface area contributed by atoms with Crippen LogP contribution in [0.5, 0.6) is 0 Å². The lowest BCUT2D eigenvalue weighted by atomic mass is 10.0. The van der Waals surface area contributed by atoms with Gasteiger partial charge in [0.05, 0.1) is 25.2 Å². The topological polar surface area (TPSA) is 95.9 Å². The molecule has 0 aliphatic carbocycles. The first kappa shape index (κ1) is 66.1. The quantitative estimate of drug-likeness (QED) is 0.0321. The smallest absolute Gasteiger partial charge is 0.306 e. The van der Waals surface area contributed by atoms with Crippen molar-refractivity contribution in [2.75, 3.05) is 6.61 Å². The zero-order valence-corrected chi connectivity index (χ0v) is 45.8. The van der Waals surface area contributed by atoms with Gasteiger partial charge in [-0.25, -0.2) is 0 Å². The SMILES string of the molecule is CCCCC/C=C\C/C=C\C/C=C\CCCCCCC(CC(=O)NC(CO)C(O)CCCCCCCCCCCCCCCCCCC)OC(=O)CCCCCCCCCCCCCCCCC. The Balaban J connectivity index is 4.55. The number of nitrogens with one attached hydrogen (secondary N) is 1. The Kier molecular flexibility index (Phi) is 54.4. The van der Waals surface area contributed by atoms with Crippen LogP contribution in [0.3, 0.4) is 0 Å². The fraction of sp³-hybridized carbons (Fsp3) is 0.871. The number of carbonyl (C=O) groups is 2. The minimum Gasteiger partial charge on any atom is -0.462 e. The Morgan fingerprint density at radius 3 is 1.16 bits per heavy atom. The van der Waals surface area contributed by atoms with Gasteiger partial charge in [0.15, 0.2) is 0 Å². The van der Waals surface area contributed by atoms with Gasteiger partial charge in [-0.3, -0.25) is 9.59 Å². The first-order valence-electron chi connectivity index (χ1n) is 30.2. The lowest BCUT2D eigenvalue weighted by Gasteiger charge is -2.24. The monoisotopic (exact) mass is 956 g/mol. The number of hydrogen-bond donors (Lipinski definition) is 3. The van der Waals surface area contributed by atoms with Crippen LogP contribution in [0, 0.1) is 0 Å². The van der Waals surface area contributed by atoms with Crippen molar-refractivity contribution in [2.45, 2.75) is 341 Å². The Bertz CT molecular complexity index is 1120. The van der Waals surface area contributed by atoms with Crippen molar-refractivity contribution < 1.29 is 24.5 Å². The van der Waals surface area contributed by atoms with Gasteiger partial charge < -0.3 is 20.3 Å². The van der Waals surface area contributed by atoms with Crippen LogP contribution in [0.15, 0.2) is 36.5 Å². The minimum absolute atomic E-state index is 0.0673. The van der Waals surface area contributed by atoms with Crippen LogP contribution in [-0.4, -0.2) is 46.9 Å². The highest BCUT2D eigenvalue weighted by atomic mass is 16.5. The third kappa shape index (κ3) is 50.5. The van der Waals surface area contributed by atoms with Crippen molar-refractivity contribution in [1.82, 2.24) is 5.32 Å². The van der Waals surface area contributed by atoms with Crippen LogP contribution in [0.2, 0.25) is 0 Å². The molecule has 68 heavy (non-hydrogen) atoms. The Morgan fingerprint density at radius 1 is 0.426 bits per heavy atom. The molecular weight excluding hydrogens is 839 g/mol. The second kappa shape index (κ2) is 56.0. The Morgan fingerprint density at radius 2 is 0.750 bits per heavy atom. The number of ether oxygens (including phenoxy) is 1. The van der Waals surface area contributed by atoms with Gasteiger partial charge >= 0.3 is 5.97 Å². The maximum atomic E-state index is 13.3. The zero-order chi connectivity index (χ0) is 49.5. The van der Waals surface area contributed by atoms with Gasteiger partial charge in [-0.15, -0.1) is 0 Å². The highest BCUT2D eigenvalue weighted by Crippen LogP contribution is 2.19. The van der Waals surface area contributed by atoms with Crippen molar-refractivity contribution in [3.8, 4) is 0 Å². The van der Waals surface area contributed by atoms with Gasteiger partial charge in [0.2, 0.25) is 5.91 Å². The third-order valence-electron chi connectivity index (χ3n) is 14.0. The fourth-order valence-electron chi connectivity index (χ4n) is 9.38. The molecule has 0 saturated heterocycles. The normalized spacial score (nSPS) is 13.3. The van der Waals surface area contributed by atoms with Gasteiger partial charge in [0.25, 0.3) is 0 Å². The predicted octanol–water partition coefficient (Wildman–Crippen LogP) is 18.8. The van der Waals surface area contributed by atoms with Crippen LogP contribution >= 0.6 is 0 Å². The summed E-state index contributed by atoms with van der Waals surface area (Å²) >= 11 is 0. The van der Waals surface area contributed by atoms with E-state index in [-0.39, 0.29) is 24.9 Å². The summed E-state index contributed by atoms with van der Waals surface area (Å²) in [6.07, 6.45) is 67.8. The van der Waals surface area contributed by atoms with Gasteiger partial charge in [-0.05, 0) is 64.2 Å². The lowest BCUT2D eigenvalue weighted by molar-refractivity contribution is -0.151. The average Bonchev–Trinajstić information content (AvgIpc) is 3.33. The van der Waals surface area contributed by atoms with Crippen molar-refractivity contribution >= 4 is 11.9 Å². The summed E-state index contributed by atoms with van der Waals surface area (Å²) in [5.41, 5.74) is 0. The molecule has 3 unspecified atom stereocenters. The summed E-state index contributed by atoms with van der Waals surface area (Å²) in [7, 11) is 0. The molecule has 0 aromatic carbocycles. The van der Waals surface area contributed by atoms with Crippen LogP contribution in [-0.2, 0) is 14.3 Å². The first-order chi connectivity index (χ1) is 33.5. The molecule has 0 fully saturated rings. The molecule has 0 rings (SSSR count). The fourth-order valence-corrected chi connectivity index (χ4v) is 9.38. The summed E-state index contributed by atoms with van der Waals surface area (Å²) in [6, 6.07) is -0.707. The molecule has 1 amide bonds. The number of aliphatic hydroxyl groups excluding tert-OH is 2. The number of amides is 1. The lowest BCUT2D eigenvalue weighted by Crippen LogP contribution is -2.46. The second-order valence-electron chi connectivity index (χ2n) is 20.8. The summed E-state index contributed by atoms with van der Waals surface area (Å²) < 4.78 is 5.96. The van der Waals surface area contributed by atoms with E-state index in [4.69, 9.17) is 4.74 Å². The van der Waals surface area contributed by atoms with Crippen LogP contribution in [0.4, 0.5) is 0 Å². The molecular formula is C62H117NO5. The Labute approximate surface area is 424 Å². The molecule has 6 nitrogen and oxygen atoms in total. The van der Waals surface area contributed by atoms with Crippen LogP contribution in [0.25, 0.3) is 0 Å². The van der Waals surface area contributed by atoms with Gasteiger partial charge in [0.1, 0.15) is 6.10 Å². The van der Waals surface area contributed by atoms with Gasteiger partial charge in [0, 0.05) is 6.42 Å². The van der Waals surface area contributed by atoms with E-state index in [9.17, 15) is 19.8 Å². The highest BCUT2D eigenvalue weighted by molar-refractivity contribution is 5.77. The summed E-state index contributed by atoms with van der Waals surface area (Å²) in [6.45, 7) is 6.49. The van der Waals surface area contributed by atoms with Crippen LogP contribution in [0.1, 0.15) is 323 Å². The van der Waals surface area contributed by atoms with Crippen molar-refractivity contribution in [1.29, 1.82) is 0 Å². The molecule has 0 aliphatic heterocycles. The molecule has 3 atom stereocenters. The van der Waals surface area contributed by atoms with E-state index in [1.165, 1.54) is 199 Å². The van der Waals surface area contributed by atoms with E-state index in [1.54, 1.807) is 0 Å². The van der Waals surface area contributed by atoms with E-state index in [0.717, 1.165) is 77.0 Å². The molecule has 400 valence electrons. The van der Waals surface area contributed by atoms with E-state index >= 15 is 0 Å². The maximum Gasteiger partial charge on any atom is 0.306 e. The van der Waals surface area contributed by atoms with Crippen LogP contribution < -0.4 is 5.32 Å². The molecule has 0 heterocycles. The summed E-state index contributed by atoms with van der Waals surface area (Å²) in [4.78, 5) is 26.3. The number of aliphatic hydroxyl groups is 2. The maximum absolute atomic E-state index is 13.3.